The van der Waals surface area contributed by atoms with Crippen molar-refractivity contribution in [3.8, 4) is 0 Å². The summed E-state index contributed by atoms with van der Waals surface area (Å²) >= 11 is 6.09. The van der Waals surface area contributed by atoms with Crippen molar-refractivity contribution in [2.75, 3.05) is 18.4 Å². The average molecular weight is 284 g/mol. The summed E-state index contributed by atoms with van der Waals surface area (Å²) in [5.41, 5.74) is 1.25. The zero-order valence-electron chi connectivity index (χ0n) is 11.1. The monoisotopic (exact) mass is 283 g/mol. The molecular weight excluding hydrogens is 266 g/mol. The molecule has 2 rings (SSSR count). The first-order valence-corrected chi connectivity index (χ1v) is 6.72. The Labute approximate surface area is 117 Å². The van der Waals surface area contributed by atoms with Gasteiger partial charge in [0.05, 0.1) is 22.5 Å². The highest BCUT2D eigenvalue weighted by Crippen LogP contribution is 2.25. The number of aryl methyl sites for hydroxylation is 1. The first-order chi connectivity index (χ1) is 8.99. The maximum atomic E-state index is 12.1. The van der Waals surface area contributed by atoms with E-state index >= 15 is 0 Å². The summed E-state index contributed by atoms with van der Waals surface area (Å²) < 4.78 is 0. The maximum Gasteiger partial charge on any atom is 0.321 e. The molecule has 1 aliphatic heterocycles. The molecule has 104 valence electrons. The molecule has 2 N–H and O–H groups in total. The summed E-state index contributed by atoms with van der Waals surface area (Å²) in [6.45, 7) is 4.78. The minimum atomic E-state index is -0.385. The Kier molecular flexibility index (Phi) is 4.27. The van der Waals surface area contributed by atoms with Gasteiger partial charge in [-0.3, -0.25) is 4.98 Å². The molecule has 0 radical (unpaired) electrons. The van der Waals surface area contributed by atoms with Crippen LogP contribution in [0.4, 0.5) is 10.5 Å². The Morgan fingerprint density at radius 3 is 3.05 bits per heavy atom. The number of aromatic nitrogens is 1. The minimum Gasteiger partial charge on any atom is -0.393 e. The first kappa shape index (κ1) is 14.1. The van der Waals surface area contributed by atoms with Gasteiger partial charge in [0.15, 0.2) is 0 Å². The van der Waals surface area contributed by atoms with Crippen LogP contribution in [0, 0.1) is 12.8 Å². The standard InChI is InChI=1S/C13H18ClN3O2/c1-8-12(14)11(3-5-15-8)16-13(19)17-6-4-10(7-17)9(2)18/h3,5,9-10,18H,4,6-7H2,1-2H3,(H,15,16,19)/t9-,10+/m0/s1. The summed E-state index contributed by atoms with van der Waals surface area (Å²) in [5, 5.41) is 12.8. The lowest BCUT2D eigenvalue weighted by Crippen LogP contribution is -2.34. The van der Waals surface area contributed by atoms with Gasteiger partial charge in [-0.15, -0.1) is 0 Å². The van der Waals surface area contributed by atoms with Gasteiger partial charge in [-0.1, -0.05) is 11.6 Å². The van der Waals surface area contributed by atoms with Crippen LogP contribution in [-0.2, 0) is 0 Å². The number of halogens is 1. The summed E-state index contributed by atoms with van der Waals surface area (Å²) in [7, 11) is 0. The van der Waals surface area contributed by atoms with E-state index in [1.807, 2.05) is 0 Å². The van der Waals surface area contributed by atoms with E-state index in [4.69, 9.17) is 11.6 Å². The summed E-state index contributed by atoms with van der Waals surface area (Å²) in [4.78, 5) is 17.8. The number of rotatable bonds is 2. The van der Waals surface area contributed by atoms with Gasteiger partial charge in [0.1, 0.15) is 0 Å². The van der Waals surface area contributed by atoms with E-state index in [9.17, 15) is 9.90 Å². The Bertz CT molecular complexity index is 479. The third-order valence-corrected chi connectivity index (χ3v) is 3.98. The Hall–Kier alpha value is -1.33. The highest BCUT2D eigenvalue weighted by molar-refractivity contribution is 6.34. The summed E-state index contributed by atoms with van der Waals surface area (Å²) in [6.07, 6.45) is 2.05. The molecule has 5 nitrogen and oxygen atoms in total. The van der Waals surface area contributed by atoms with Crippen LogP contribution < -0.4 is 5.32 Å². The topological polar surface area (TPSA) is 65.5 Å². The van der Waals surface area contributed by atoms with Crippen LogP contribution in [0.3, 0.4) is 0 Å². The summed E-state index contributed by atoms with van der Waals surface area (Å²) in [6, 6.07) is 1.49. The third kappa shape index (κ3) is 3.16. The van der Waals surface area contributed by atoms with Crippen LogP contribution in [0.1, 0.15) is 19.0 Å². The molecule has 0 aliphatic carbocycles. The van der Waals surface area contributed by atoms with Gasteiger partial charge in [0.25, 0.3) is 0 Å². The predicted octanol–water partition coefficient (Wildman–Crippen LogP) is 2.28. The number of carbonyl (C=O) groups excluding carboxylic acids is 1. The van der Waals surface area contributed by atoms with E-state index in [0.717, 1.165) is 6.42 Å². The number of nitrogens with one attached hydrogen (secondary N) is 1. The Morgan fingerprint density at radius 2 is 2.42 bits per heavy atom. The largest absolute Gasteiger partial charge is 0.393 e. The number of anilines is 1. The van der Waals surface area contributed by atoms with Crippen LogP contribution in [-0.4, -0.2) is 40.2 Å². The lowest BCUT2D eigenvalue weighted by Gasteiger charge is -2.19. The van der Waals surface area contributed by atoms with Crippen molar-refractivity contribution in [3.63, 3.8) is 0 Å². The highest BCUT2D eigenvalue weighted by Gasteiger charge is 2.29. The number of urea groups is 1. The second-order valence-corrected chi connectivity index (χ2v) is 5.30. The number of likely N-dealkylation sites (tertiary alicyclic amines) is 1. The number of hydrogen-bond acceptors (Lipinski definition) is 3. The zero-order chi connectivity index (χ0) is 14.0. The smallest absolute Gasteiger partial charge is 0.321 e. The molecule has 1 aromatic heterocycles. The third-order valence-electron chi connectivity index (χ3n) is 3.50. The molecule has 0 spiro atoms. The fourth-order valence-electron chi connectivity index (χ4n) is 2.20. The van der Waals surface area contributed by atoms with Crippen LogP contribution >= 0.6 is 11.6 Å². The van der Waals surface area contributed by atoms with E-state index in [1.54, 1.807) is 31.0 Å². The van der Waals surface area contributed by atoms with Crippen molar-refractivity contribution in [3.05, 3.63) is 23.0 Å². The van der Waals surface area contributed by atoms with Gasteiger partial charge < -0.3 is 15.3 Å². The van der Waals surface area contributed by atoms with Gasteiger partial charge in [-0.25, -0.2) is 4.79 Å². The van der Waals surface area contributed by atoms with Crippen LogP contribution in [0.5, 0.6) is 0 Å². The number of nitrogens with zero attached hydrogens (tertiary/aromatic N) is 2. The number of carbonyl (C=O) groups is 1. The van der Waals surface area contributed by atoms with E-state index in [-0.39, 0.29) is 18.1 Å². The van der Waals surface area contributed by atoms with Gasteiger partial charge in [-0.2, -0.15) is 0 Å². The van der Waals surface area contributed by atoms with Crippen molar-refractivity contribution in [2.45, 2.75) is 26.4 Å². The molecule has 0 unspecified atom stereocenters. The van der Waals surface area contributed by atoms with Crippen molar-refractivity contribution in [1.82, 2.24) is 9.88 Å². The average Bonchev–Trinajstić information content (AvgIpc) is 2.84. The SMILES string of the molecule is Cc1nccc(NC(=O)N2CC[C@@H]([C@H](C)O)C2)c1Cl. The Morgan fingerprint density at radius 1 is 1.68 bits per heavy atom. The molecule has 0 aromatic carbocycles. The minimum absolute atomic E-state index is 0.153. The second-order valence-electron chi connectivity index (χ2n) is 4.92. The lowest BCUT2D eigenvalue weighted by molar-refractivity contribution is 0.130. The molecule has 1 fully saturated rings. The maximum absolute atomic E-state index is 12.1. The van der Waals surface area contributed by atoms with Gasteiger partial charge in [0, 0.05) is 25.2 Å². The van der Waals surface area contributed by atoms with Crippen molar-refractivity contribution in [2.24, 2.45) is 5.92 Å². The fraction of sp³-hybridized carbons (Fsp3) is 0.538. The van der Waals surface area contributed by atoms with Crippen LogP contribution in [0.15, 0.2) is 12.3 Å². The molecule has 6 heteroatoms. The number of hydrogen-bond donors (Lipinski definition) is 2. The molecule has 2 atom stereocenters. The molecule has 2 heterocycles. The van der Waals surface area contributed by atoms with Gasteiger partial charge in [-0.05, 0) is 26.3 Å². The van der Waals surface area contributed by atoms with E-state index in [2.05, 4.69) is 10.3 Å². The van der Waals surface area contributed by atoms with Crippen molar-refractivity contribution < 1.29 is 9.90 Å². The quantitative estimate of drug-likeness (QED) is 0.875. The highest BCUT2D eigenvalue weighted by atomic mass is 35.5. The van der Waals surface area contributed by atoms with Crippen molar-refractivity contribution in [1.29, 1.82) is 0 Å². The lowest BCUT2D eigenvalue weighted by atomic mass is 10.0. The van der Waals surface area contributed by atoms with Crippen molar-refractivity contribution >= 4 is 23.3 Å². The van der Waals surface area contributed by atoms with Crippen LogP contribution in [0.2, 0.25) is 5.02 Å². The molecule has 1 saturated heterocycles. The second kappa shape index (κ2) is 5.75. The van der Waals surface area contributed by atoms with E-state index in [1.165, 1.54) is 0 Å². The zero-order valence-corrected chi connectivity index (χ0v) is 11.8. The fourth-order valence-corrected chi connectivity index (χ4v) is 2.36. The number of aliphatic hydroxyl groups excluding tert-OH is 1. The molecule has 0 bridgehead atoms. The van der Waals surface area contributed by atoms with E-state index < -0.39 is 0 Å². The van der Waals surface area contributed by atoms with Gasteiger partial charge in [0.2, 0.25) is 0 Å². The molecule has 1 aromatic rings. The number of amides is 2. The van der Waals surface area contributed by atoms with E-state index in [0.29, 0.717) is 29.5 Å². The first-order valence-electron chi connectivity index (χ1n) is 6.34. The number of pyridine rings is 1. The molecule has 0 saturated carbocycles. The molecule has 1 aliphatic rings. The summed E-state index contributed by atoms with van der Waals surface area (Å²) in [5.74, 6) is 0.153. The Balaban J connectivity index is 2.00. The van der Waals surface area contributed by atoms with Crippen LogP contribution in [0.25, 0.3) is 0 Å². The predicted molar refractivity (Wildman–Crippen MR) is 74.4 cm³/mol. The number of aliphatic hydroxyl groups is 1. The normalized spacial score (nSPS) is 20.4. The molecule has 19 heavy (non-hydrogen) atoms. The van der Waals surface area contributed by atoms with Gasteiger partial charge >= 0.3 is 6.03 Å². The molecule has 2 amide bonds. The molecular formula is C13H18ClN3O2.